The van der Waals surface area contributed by atoms with Gasteiger partial charge < -0.3 is 29.6 Å². The van der Waals surface area contributed by atoms with Gasteiger partial charge in [0.2, 0.25) is 11.8 Å². The summed E-state index contributed by atoms with van der Waals surface area (Å²) in [6.07, 6.45) is 6.09. The third kappa shape index (κ3) is 7.17. The van der Waals surface area contributed by atoms with Crippen LogP contribution in [0.2, 0.25) is 0 Å². The van der Waals surface area contributed by atoms with E-state index < -0.39 is 12.1 Å². The summed E-state index contributed by atoms with van der Waals surface area (Å²) in [6, 6.07) is 12.5. The van der Waals surface area contributed by atoms with Crippen molar-refractivity contribution in [1.29, 1.82) is 0 Å². The number of hydrogen-bond donors (Lipinski definition) is 2. The lowest BCUT2D eigenvalue weighted by atomic mass is 9.95. The number of H-pyrrole nitrogens is 1. The van der Waals surface area contributed by atoms with E-state index in [1.807, 2.05) is 4.90 Å². The minimum absolute atomic E-state index is 0.0398. The molecular weight excluding hydrogens is 594 g/mol. The number of carbonyl (C=O) groups is 3. The standard InChI is InChI=1S/C37H49N5O5/c1-23(2)24(3)35(43)41-16-7-9-29(41)20-25-12-13-27-21-28(15-14-26(27)19-25)33-31-22-47-18-6-5-10-30(39-37(45)46-4)36(44)42-17-8-11-32(42)34(38-31)40-33/h12-15,19,21,23-24,29-30,32H,5-11,16-18,20,22H2,1-4H3,(H,38,40)(H,39,45)/t24-,29-,30-,32-/m0/s1. The van der Waals surface area contributed by atoms with Gasteiger partial charge in [-0.25, -0.2) is 9.78 Å². The van der Waals surface area contributed by atoms with Crippen molar-refractivity contribution in [2.45, 2.75) is 96.9 Å². The molecule has 0 unspecified atom stereocenters. The van der Waals surface area contributed by atoms with Crippen LogP contribution < -0.4 is 5.32 Å². The van der Waals surface area contributed by atoms with Crippen LogP contribution in [0.3, 0.4) is 0 Å². The van der Waals surface area contributed by atoms with Crippen LogP contribution in [0.5, 0.6) is 0 Å². The van der Waals surface area contributed by atoms with E-state index in [4.69, 9.17) is 14.5 Å². The third-order valence-corrected chi connectivity index (χ3v) is 10.4. The maximum atomic E-state index is 13.7. The topological polar surface area (TPSA) is 117 Å². The summed E-state index contributed by atoms with van der Waals surface area (Å²) < 4.78 is 10.9. The van der Waals surface area contributed by atoms with Crippen molar-refractivity contribution >= 4 is 28.7 Å². The molecule has 2 aromatic carbocycles. The van der Waals surface area contributed by atoms with Gasteiger partial charge in [0.15, 0.2) is 0 Å². The van der Waals surface area contributed by atoms with Gasteiger partial charge in [0.1, 0.15) is 11.9 Å². The van der Waals surface area contributed by atoms with Gasteiger partial charge in [-0.3, -0.25) is 9.59 Å². The summed E-state index contributed by atoms with van der Waals surface area (Å²) >= 11 is 0. The van der Waals surface area contributed by atoms with Gasteiger partial charge in [0.25, 0.3) is 0 Å². The van der Waals surface area contributed by atoms with Crippen LogP contribution >= 0.6 is 0 Å². The van der Waals surface area contributed by atoms with Gasteiger partial charge in [0.05, 0.1) is 31.1 Å². The average molecular weight is 644 g/mol. The molecule has 1 aromatic heterocycles. The van der Waals surface area contributed by atoms with Crippen molar-refractivity contribution in [2.24, 2.45) is 11.8 Å². The fourth-order valence-corrected chi connectivity index (χ4v) is 7.36. The highest BCUT2D eigenvalue weighted by Crippen LogP contribution is 2.35. The minimum Gasteiger partial charge on any atom is -0.453 e. The van der Waals surface area contributed by atoms with Crippen LogP contribution in [0.25, 0.3) is 22.0 Å². The van der Waals surface area contributed by atoms with Gasteiger partial charge >= 0.3 is 6.09 Å². The first-order valence-electron chi connectivity index (χ1n) is 17.4. The second kappa shape index (κ2) is 14.5. The van der Waals surface area contributed by atoms with Crippen molar-refractivity contribution < 1.29 is 23.9 Å². The Morgan fingerprint density at radius 1 is 1.02 bits per heavy atom. The number of aromatic amines is 1. The Morgan fingerprint density at radius 3 is 2.62 bits per heavy atom. The lowest BCUT2D eigenvalue weighted by Gasteiger charge is -2.29. The molecule has 2 bridgehead atoms. The summed E-state index contributed by atoms with van der Waals surface area (Å²) in [7, 11) is 1.31. The normalized spacial score (nSPS) is 22.8. The summed E-state index contributed by atoms with van der Waals surface area (Å²) in [5, 5.41) is 5.03. The zero-order valence-electron chi connectivity index (χ0n) is 28.2. The van der Waals surface area contributed by atoms with Crippen molar-refractivity contribution in [3.8, 4) is 11.3 Å². The average Bonchev–Trinajstić information content (AvgIpc) is 3.84. The first-order chi connectivity index (χ1) is 22.7. The number of alkyl carbamates (subject to hydrolysis) is 1. The molecule has 4 atom stereocenters. The molecule has 3 aromatic rings. The first-order valence-corrected chi connectivity index (χ1v) is 17.4. The number of nitrogens with zero attached hydrogens (tertiary/aromatic N) is 3. The number of carbonyl (C=O) groups excluding carboxylic acids is 3. The molecule has 10 nitrogen and oxygen atoms in total. The highest BCUT2D eigenvalue weighted by Gasteiger charge is 2.37. The molecule has 3 aliphatic rings. The van der Waals surface area contributed by atoms with E-state index in [1.165, 1.54) is 12.7 Å². The lowest BCUT2D eigenvalue weighted by molar-refractivity contribution is -0.137. The van der Waals surface area contributed by atoms with E-state index in [2.05, 4.69) is 72.4 Å². The lowest BCUT2D eigenvalue weighted by Crippen LogP contribution is -2.48. The number of rotatable bonds is 6. The molecule has 0 spiro atoms. The van der Waals surface area contributed by atoms with Crippen LogP contribution in [0.4, 0.5) is 4.79 Å². The highest BCUT2D eigenvalue weighted by molar-refractivity contribution is 5.88. The molecule has 10 heteroatoms. The van der Waals surface area contributed by atoms with Crippen LogP contribution in [-0.2, 0) is 32.1 Å². The number of aromatic nitrogens is 2. The van der Waals surface area contributed by atoms with E-state index in [1.54, 1.807) is 0 Å². The SMILES string of the molecule is COC(=O)N[C@H]1CCCCOCc2[nH]c(nc2-c2ccc3cc(C[C@@H]4CCCN4C(=O)[C@@H](C)C(C)C)ccc3c2)[C@@H]2CCCN2C1=O. The Hall–Kier alpha value is -3.92. The van der Waals surface area contributed by atoms with Crippen LogP contribution in [0, 0.1) is 11.8 Å². The number of benzene rings is 2. The zero-order chi connectivity index (χ0) is 33.1. The Morgan fingerprint density at radius 2 is 1.81 bits per heavy atom. The molecule has 3 amide bonds. The van der Waals surface area contributed by atoms with Gasteiger partial charge in [-0.2, -0.15) is 0 Å². The zero-order valence-corrected chi connectivity index (χ0v) is 28.2. The number of fused-ring (bicyclic) bond motifs is 5. The van der Waals surface area contributed by atoms with E-state index in [9.17, 15) is 14.4 Å². The van der Waals surface area contributed by atoms with Gasteiger partial charge in [-0.05, 0) is 79.7 Å². The number of amides is 3. The molecule has 6 rings (SSSR count). The van der Waals surface area contributed by atoms with Gasteiger partial charge in [-0.15, -0.1) is 0 Å². The predicted molar refractivity (Wildman–Crippen MR) is 180 cm³/mol. The molecule has 0 aliphatic carbocycles. The summed E-state index contributed by atoms with van der Waals surface area (Å²) in [6.45, 7) is 8.71. The van der Waals surface area contributed by atoms with E-state index in [-0.39, 0.29) is 29.8 Å². The monoisotopic (exact) mass is 643 g/mol. The maximum Gasteiger partial charge on any atom is 0.407 e. The van der Waals surface area contributed by atoms with Gasteiger partial charge in [0, 0.05) is 37.2 Å². The number of methoxy groups -OCH3 is 1. The molecule has 0 saturated carbocycles. The van der Waals surface area contributed by atoms with E-state index in [0.717, 1.165) is 85.0 Å². The first kappa shape index (κ1) is 33.0. The molecule has 47 heavy (non-hydrogen) atoms. The van der Waals surface area contributed by atoms with Crippen LogP contribution in [0.1, 0.15) is 88.8 Å². The molecule has 2 saturated heterocycles. The Labute approximate surface area is 277 Å². The number of likely N-dealkylation sites (tertiary alicyclic amines) is 1. The molecule has 0 radical (unpaired) electrons. The number of ether oxygens (including phenoxy) is 2. The highest BCUT2D eigenvalue weighted by atomic mass is 16.5. The fraction of sp³-hybridized carbons (Fsp3) is 0.568. The molecule has 3 aliphatic heterocycles. The fourth-order valence-electron chi connectivity index (χ4n) is 7.36. The second-order valence-corrected chi connectivity index (χ2v) is 13.8. The Kier molecular flexibility index (Phi) is 10.2. The van der Waals surface area contributed by atoms with Crippen molar-refractivity contribution in [1.82, 2.24) is 25.1 Å². The summed E-state index contributed by atoms with van der Waals surface area (Å²) in [5.74, 6) is 1.31. The van der Waals surface area contributed by atoms with Crippen molar-refractivity contribution in [3.63, 3.8) is 0 Å². The molecule has 4 heterocycles. The van der Waals surface area contributed by atoms with E-state index in [0.29, 0.717) is 32.1 Å². The van der Waals surface area contributed by atoms with E-state index >= 15 is 0 Å². The predicted octanol–water partition coefficient (Wildman–Crippen LogP) is 6.14. The van der Waals surface area contributed by atoms with Crippen molar-refractivity contribution in [2.75, 3.05) is 26.8 Å². The molecule has 2 fully saturated rings. The maximum absolute atomic E-state index is 13.7. The summed E-state index contributed by atoms with van der Waals surface area (Å²) in [5.41, 5.74) is 3.98. The molecule has 2 N–H and O–H groups in total. The molecule has 252 valence electrons. The Bertz CT molecular complexity index is 1600. The summed E-state index contributed by atoms with van der Waals surface area (Å²) in [4.78, 5) is 51.5. The van der Waals surface area contributed by atoms with Crippen LogP contribution in [-0.4, -0.2) is 76.6 Å². The molecular formula is C37H49N5O5. The van der Waals surface area contributed by atoms with Crippen LogP contribution in [0.15, 0.2) is 36.4 Å². The quantitative estimate of drug-likeness (QED) is 0.333. The number of nitrogens with one attached hydrogen (secondary N) is 2. The second-order valence-electron chi connectivity index (χ2n) is 13.8. The third-order valence-electron chi connectivity index (χ3n) is 10.4. The number of hydrogen-bond acceptors (Lipinski definition) is 6. The minimum atomic E-state index is -0.649. The number of imidazole rings is 1. The smallest absolute Gasteiger partial charge is 0.407 e. The Balaban J connectivity index is 1.24. The van der Waals surface area contributed by atoms with Crippen molar-refractivity contribution in [3.05, 3.63) is 53.5 Å². The largest absolute Gasteiger partial charge is 0.453 e. The van der Waals surface area contributed by atoms with Gasteiger partial charge in [-0.1, -0.05) is 51.1 Å².